The van der Waals surface area contributed by atoms with Crippen molar-refractivity contribution in [1.82, 2.24) is 9.13 Å². The number of aromatic nitrogens is 2. The summed E-state index contributed by atoms with van der Waals surface area (Å²) < 4.78 is 5.42. The lowest BCUT2D eigenvalue weighted by Crippen LogP contribution is -2.62. The van der Waals surface area contributed by atoms with Crippen molar-refractivity contribution in [2.45, 2.75) is 30.4 Å². The fourth-order valence-corrected chi connectivity index (χ4v) is 20.2. The maximum absolute atomic E-state index is 2.71. The maximum Gasteiger partial charge on any atom is 0.249 e. The van der Waals surface area contributed by atoms with Gasteiger partial charge >= 0.3 is 0 Å². The van der Waals surface area contributed by atoms with Gasteiger partial charge in [-0.25, -0.2) is 0 Å². The molecule has 6 heteroatoms. The molecule has 6 heterocycles. The first kappa shape index (κ1) is 46.6. The zero-order valence-corrected chi connectivity index (χ0v) is 48.1. The first-order valence-corrected chi connectivity index (χ1v) is 31.8. The second-order valence-electron chi connectivity index (χ2n) is 24.4. The Kier molecular flexibility index (Phi) is 8.99. The molecule has 394 valence electrons. The largest absolute Gasteiger partial charge is 0.310 e. The Bertz CT molecular complexity index is 5130. The SMILES string of the molecule is c1ccc(C2(c3ccccc3)c3ccccc3-c3ccc4c5cccc6c5n(c4c32)-c2cccc3c2B6c2cc4c(cc2S3)Sc2cccc3c2B4c2cccc4c5ccc6c(c5n-3c24)C(c2ccccc2)(c2ccccc2)c2ccccc2-6)cc1. The van der Waals surface area contributed by atoms with Crippen molar-refractivity contribution in [3.05, 3.63) is 324 Å². The smallest absolute Gasteiger partial charge is 0.249 e. The Morgan fingerprint density at radius 1 is 0.267 bits per heavy atom. The third kappa shape index (κ3) is 5.46. The Hall–Kier alpha value is -9.71. The average Bonchev–Trinajstić information content (AvgIpc) is 1.50. The van der Waals surface area contributed by atoms with Gasteiger partial charge in [0.2, 0.25) is 13.4 Å². The van der Waals surface area contributed by atoms with Gasteiger partial charge < -0.3 is 9.13 Å². The van der Waals surface area contributed by atoms with Gasteiger partial charge in [0.15, 0.2) is 0 Å². The number of hydrogen-bond donors (Lipinski definition) is 0. The second-order valence-corrected chi connectivity index (χ2v) is 26.5. The molecule has 2 nitrogen and oxygen atoms in total. The van der Waals surface area contributed by atoms with Crippen LogP contribution in [0.2, 0.25) is 0 Å². The van der Waals surface area contributed by atoms with Gasteiger partial charge in [-0.15, -0.1) is 0 Å². The van der Waals surface area contributed by atoms with Crippen LogP contribution in [0.1, 0.15) is 44.5 Å². The number of hydrogen-bond acceptors (Lipinski definition) is 2. The summed E-state index contributed by atoms with van der Waals surface area (Å²) in [4.78, 5) is 5.38. The van der Waals surface area contributed by atoms with E-state index < -0.39 is 10.8 Å². The van der Waals surface area contributed by atoms with Crippen LogP contribution in [0.4, 0.5) is 0 Å². The molecule has 86 heavy (non-hydrogen) atoms. The van der Waals surface area contributed by atoms with Crippen molar-refractivity contribution in [1.29, 1.82) is 0 Å². The lowest BCUT2D eigenvalue weighted by molar-refractivity contribution is 0.772. The minimum Gasteiger partial charge on any atom is -0.310 e. The van der Waals surface area contributed by atoms with Crippen molar-refractivity contribution in [2.24, 2.45) is 0 Å². The van der Waals surface area contributed by atoms with E-state index in [0.29, 0.717) is 0 Å². The third-order valence-electron chi connectivity index (χ3n) is 20.8. The molecule has 4 aliphatic heterocycles. The molecule has 13 aromatic carbocycles. The molecule has 6 aliphatic rings. The van der Waals surface area contributed by atoms with Gasteiger partial charge in [0.05, 0.1) is 21.9 Å². The molecule has 21 rings (SSSR count). The molecule has 0 N–H and O–H groups in total. The standard InChI is InChI=1S/C80H46B2N2S2/c1-5-21-47(22-6-1)79(48-23-7-2-8-24-48)59-33-15-13-29-51(59)53-41-43-57-55-31-17-35-61-75(55)83(77(57)71(53)79)65-37-19-39-67-73(65)81(61)63-45-64-70(46-69(63)85-67)86-68-40-20-38-66-74(68)82(64)62-36-18-32-56-58-44-42-54-52-30-14-16-34-60(52)80(49-25-9-3-10-26-49,50-27-11-4-12-28-50)72(54)78(58)84(66)76(56)62/h1-46H. The van der Waals surface area contributed by atoms with Crippen molar-refractivity contribution >= 4 is 113 Å². The number of fused-ring (bicyclic) bond motifs is 22. The molecule has 0 fully saturated rings. The predicted molar refractivity (Wildman–Crippen MR) is 360 cm³/mol. The minimum absolute atomic E-state index is 0.0299. The second kappa shape index (κ2) is 16.6. The van der Waals surface area contributed by atoms with E-state index in [1.807, 2.05) is 23.5 Å². The van der Waals surface area contributed by atoms with Crippen LogP contribution in [0.5, 0.6) is 0 Å². The molecule has 2 aromatic heterocycles. The summed E-state index contributed by atoms with van der Waals surface area (Å²) in [6.07, 6.45) is 0. The third-order valence-corrected chi connectivity index (χ3v) is 23.1. The Morgan fingerprint density at radius 3 is 1.06 bits per heavy atom. The highest BCUT2D eigenvalue weighted by Gasteiger charge is 2.52. The summed E-state index contributed by atoms with van der Waals surface area (Å²) in [7, 11) is 0. The van der Waals surface area contributed by atoms with Gasteiger partial charge in [-0.3, -0.25) is 0 Å². The van der Waals surface area contributed by atoms with Crippen LogP contribution >= 0.6 is 23.5 Å². The molecule has 0 atom stereocenters. The lowest BCUT2D eigenvalue weighted by atomic mass is 9.32. The van der Waals surface area contributed by atoms with Crippen molar-refractivity contribution in [3.8, 4) is 33.6 Å². The van der Waals surface area contributed by atoms with E-state index in [1.54, 1.807) is 0 Å². The first-order chi connectivity index (χ1) is 42.7. The van der Waals surface area contributed by atoms with Gasteiger partial charge in [-0.2, -0.15) is 0 Å². The summed E-state index contributed by atoms with van der Waals surface area (Å²) in [6.45, 7) is 0.0598. The van der Waals surface area contributed by atoms with E-state index in [-0.39, 0.29) is 13.4 Å². The van der Waals surface area contributed by atoms with Crippen LogP contribution in [0.15, 0.2) is 299 Å². The van der Waals surface area contributed by atoms with Gasteiger partial charge in [0.1, 0.15) is 0 Å². The molecule has 0 saturated carbocycles. The van der Waals surface area contributed by atoms with Crippen LogP contribution < -0.4 is 32.8 Å². The van der Waals surface area contributed by atoms with Crippen molar-refractivity contribution in [3.63, 3.8) is 0 Å². The van der Waals surface area contributed by atoms with E-state index in [1.165, 1.54) is 174 Å². The number of para-hydroxylation sites is 2. The molecular weight excluding hydrogens is 1070 g/mol. The zero-order valence-electron chi connectivity index (χ0n) is 46.4. The molecule has 0 radical (unpaired) electrons. The first-order valence-electron chi connectivity index (χ1n) is 30.1. The van der Waals surface area contributed by atoms with Gasteiger partial charge in [-0.1, -0.05) is 283 Å². The predicted octanol–water partition coefficient (Wildman–Crippen LogP) is 15.2. The summed E-state index contributed by atoms with van der Waals surface area (Å²) >= 11 is 3.94. The highest BCUT2D eigenvalue weighted by Crippen LogP contribution is 2.61. The van der Waals surface area contributed by atoms with Crippen LogP contribution in [0.25, 0.3) is 77.2 Å². The van der Waals surface area contributed by atoms with Crippen LogP contribution in [0, 0.1) is 0 Å². The average molecular weight is 1120 g/mol. The summed E-state index contributed by atoms with van der Waals surface area (Å²) in [6, 6.07) is 107. The summed E-state index contributed by atoms with van der Waals surface area (Å²) in [5.74, 6) is 0. The maximum atomic E-state index is 2.71. The van der Waals surface area contributed by atoms with Crippen LogP contribution in [-0.4, -0.2) is 22.6 Å². The number of benzene rings is 13. The Labute approximate surface area is 506 Å². The number of nitrogens with zero attached hydrogens (tertiary/aromatic N) is 2. The molecule has 0 bridgehead atoms. The lowest BCUT2D eigenvalue weighted by Gasteiger charge is -2.38. The van der Waals surface area contributed by atoms with E-state index in [4.69, 9.17) is 0 Å². The molecule has 0 amide bonds. The van der Waals surface area contributed by atoms with Gasteiger partial charge in [0, 0.05) is 74.7 Å². The van der Waals surface area contributed by atoms with E-state index in [9.17, 15) is 0 Å². The Balaban J connectivity index is 0.819. The molecular formula is C80H46B2N2S2. The highest BCUT2D eigenvalue weighted by molar-refractivity contribution is 8.01. The topological polar surface area (TPSA) is 9.86 Å². The number of rotatable bonds is 4. The van der Waals surface area contributed by atoms with Crippen LogP contribution in [-0.2, 0) is 10.8 Å². The normalized spacial score (nSPS) is 15.0. The van der Waals surface area contributed by atoms with Gasteiger partial charge in [0.25, 0.3) is 0 Å². The van der Waals surface area contributed by atoms with E-state index in [0.717, 1.165) is 0 Å². The molecule has 15 aromatic rings. The van der Waals surface area contributed by atoms with Crippen molar-refractivity contribution < 1.29 is 0 Å². The highest BCUT2D eigenvalue weighted by atomic mass is 32.2. The monoisotopic (exact) mass is 1120 g/mol. The molecule has 0 spiro atoms. The Morgan fingerprint density at radius 2 is 0.640 bits per heavy atom. The van der Waals surface area contributed by atoms with Crippen LogP contribution in [0.3, 0.4) is 0 Å². The zero-order chi connectivity index (χ0) is 55.7. The molecule has 2 aliphatic carbocycles. The summed E-state index contributed by atoms with van der Waals surface area (Å²) in [5.41, 5.74) is 30.8. The van der Waals surface area contributed by atoms with Crippen molar-refractivity contribution in [2.75, 3.05) is 0 Å². The quantitative estimate of drug-likeness (QED) is 0.163. The molecule has 0 saturated heterocycles. The fourth-order valence-electron chi connectivity index (χ4n) is 17.8. The van der Waals surface area contributed by atoms with Gasteiger partial charge in [-0.05, 0) is 108 Å². The minimum atomic E-state index is -0.562. The van der Waals surface area contributed by atoms with E-state index in [2.05, 4.69) is 288 Å². The fraction of sp³-hybridized carbons (Fsp3) is 0.0250. The van der Waals surface area contributed by atoms with E-state index >= 15 is 0 Å². The molecule has 0 unspecified atom stereocenters. The summed E-state index contributed by atoms with van der Waals surface area (Å²) in [5, 5.41) is 5.20.